The third kappa shape index (κ3) is 2.90. The fraction of sp³-hybridized carbons (Fsp3) is 0.308. The molecule has 0 fully saturated rings. The normalized spacial score (nSPS) is 11.5. The van der Waals surface area contributed by atoms with Gasteiger partial charge in [0.1, 0.15) is 17.1 Å². The van der Waals surface area contributed by atoms with Gasteiger partial charge in [0.15, 0.2) is 0 Å². The minimum atomic E-state index is -0.632. The van der Waals surface area contributed by atoms with Crippen molar-refractivity contribution in [3.05, 3.63) is 34.1 Å². The predicted molar refractivity (Wildman–Crippen MR) is 71.9 cm³/mol. The molecule has 0 saturated carbocycles. The smallest absolute Gasteiger partial charge is 0.339 e. The lowest BCUT2D eigenvalue weighted by molar-refractivity contribution is 0.00716. The number of carbonyl (C=O) groups excluding carboxylic acids is 1. The van der Waals surface area contributed by atoms with E-state index in [1.54, 1.807) is 32.9 Å². The van der Waals surface area contributed by atoms with Gasteiger partial charge >= 0.3 is 5.97 Å². The summed E-state index contributed by atoms with van der Waals surface area (Å²) >= 11 is 0. The summed E-state index contributed by atoms with van der Waals surface area (Å²) in [4.78, 5) is 30.1. The van der Waals surface area contributed by atoms with Gasteiger partial charge in [-0.15, -0.1) is 0 Å². The molecule has 3 N–H and O–H groups in total. The number of rotatable bonds is 1. The van der Waals surface area contributed by atoms with Crippen LogP contribution in [0.15, 0.2) is 23.0 Å². The molecule has 0 atom stereocenters. The molecule has 0 saturated heterocycles. The number of pyridine rings is 2. The Bertz CT molecular complexity index is 698. The van der Waals surface area contributed by atoms with Crippen LogP contribution in [0.1, 0.15) is 31.1 Å². The highest BCUT2D eigenvalue weighted by atomic mass is 16.6. The number of hydrogen-bond acceptors (Lipinski definition) is 5. The van der Waals surface area contributed by atoms with Crippen molar-refractivity contribution in [3.63, 3.8) is 0 Å². The third-order valence-electron chi connectivity index (χ3n) is 2.34. The van der Waals surface area contributed by atoms with Crippen LogP contribution in [0.3, 0.4) is 0 Å². The number of H-pyrrole nitrogens is 1. The van der Waals surface area contributed by atoms with Gasteiger partial charge in [0.25, 0.3) is 0 Å². The van der Waals surface area contributed by atoms with Gasteiger partial charge in [-0.3, -0.25) is 4.79 Å². The van der Waals surface area contributed by atoms with Gasteiger partial charge in [0.05, 0.1) is 5.56 Å². The molecule has 19 heavy (non-hydrogen) atoms. The Balaban J connectivity index is 2.60. The molecule has 0 aliphatic heterocycles. The van der Waals surface area contributed by atoms with Gasteiger partial charge in [0.2, 0.25) is 5.56 Å². The minimum Gasteiger partial charge on any atom is -0.456 e. The standard InChI is InChI=1S/C13H15N3O3/c1-13(2,3)19-12(18)8-6-10(17)16-11-7(8)4-5-9(14)15-11/h4-6H,1-3H3,(H3,14,15,16,17). The monoisotopic (exact) mass is 261 g/mol. The zero-order chi connectivity index (χ0) is 14.2. The fourth-order valence-electron chi connectivity index (χ4n) is 1.65. The number of nitrogen functional groups attached to an aromatic ring is 1. The molecule has 0 bridgehead atoms. The number of fused-ring (bicyclic) bond motifs is 1. The van der Waals surface area contributed by atoms with E-state index in [1.807, 2.05) is 0 Å². The molecule has 0 radical (unpaired) electrons. The van der Waals surface area contributed by atoms with E-state index in [-0.39, 0.29) is 17.0 Å². The topological polar surface area (TPSA) is 98.1 Å². The Kier molecular flexibility index (Phi) is 3.01. The van der Waals surface area contributed by atoms with E-state index in [9.17, 15) is 9.59 Å². The summed E-state index contributed by atoms with van der Waals surface area (Å²) in [5, 5.41) is 0.503. The summed E-state index contributed by atoms with van der Waals surface area (Å²) in [7, 11) is 0. The van der Waals surface area contributed by atoms with E-state index in [0.29, 0.717) is 5.39 Å². The SMILES string of the molecule is CC(C)(C)OC(=O)c1cc(=O)[nH]c2nc(N)ccc12. The predicted octanol–water partition coefficient (Wildman–Crippen LogP) is 1.46. The lowest BCUT2D eigenvalue weighted by Crippen LogP contribution is -2.25. The number of nitrogens with zero attached hydrogens (tertiary/aromatic N) is 1. The number of aromatic nitrogens is 2. The Labute approximate surface area is 109 Å². The van der Waals surface area contributed by atoms with E-state index in [1.165, 1.54) is 6.07 Å². The van der Waals surface area contributed by atoms with Crippen LogP contribution >= 0.6 is 0 Å². The molecule has 2 aromatic heterocycles. The van der Waals surface area contributed by atoms with E-state index in [0.717, 1.165) is 0 Å². The molecule has 0 amide bonds. The second-order valence-electron chi connectivity index (χ2n) is 5.18. The van der Waals surface area contributed by atoms with Crippen LogP contribution in [-0.4, -0.2) is 21.5 Å². The zero-order valence-corrected chi connectivity index (χ0v) is 11.0. The number of nitrogens with two attached hydrogens (primary N) is 1. The minimum absolute atomic E-state index is 0.182. The van der Waals surface area contributed by atoms with Gasteiger partial charge in [-0.1, -0.05) is 0 Å². The molecule has 2 aromatic rings. The zero-order valence-electron chi connectivity index (χ0n) is 11.0. The first-order valence-electron chi connectivity index (χ1n) is 5.79. The summed E-state index contributed by atoms with van der Waals surface area (Å²) in [6.07, 6.45) is 0. The Morgan fingerprint density at radius 3 is 2.68 bits per heavy atom. The van der Waals surface area contributed by atoms with Crippen LogP contribution in [0, 0.1) is 0 Å². The number of esters is 1. The molecule has 0 unspecified atom stereocenters. The first-order valence-corrected chi connectivity index (χ1v) is 5.79. The first-order chi connectivity index (χ1) is 8.76. The maximum atomic E-state index is 12.1. The molecular weight excluding hydrogens is 246 g/mol. The summed E-state index contributed by atoms with van der Waals surface area (Å²) < 4.78 is 5.27. The van der Waals surface area contributed by atoms with Crippen LogP contribution in [0.4, 0.5) is 5.82 Å². The van der Waals surface area contributed by atoms with E-state index < -0.39 is 17.1 Å². The summed E-state index contributed by atoms with van der Waals surface area (Å²) in [5.74, 6) is -0.292. The van der Waals surface area contributed by atoms with Gasteiger partial charge in [0, 0.05) is 11.5 Å². The van der Waals surface area contributed by atoms with E-state index in [4.69, 9.17) is 10.5 Å². The van der Waals surface area contributed by atoms with Crippen molar-refractivity contribution in [3.8, 4) is 0 Å². The molecule has 0 aliphatic rings. The highest BCUT2D eigenvalue weighted by Gasteiger charge is 2.20. The number of ether oxygens (including phenoxy) is 1. The summed E-state index contributed by atoms with van der Waals surface area (Å²) in [6, 6.07) is 4.40. The van der Waals surface area contributed by atoms with Crippen molar-refractivity contribution in [2.45, 2.75) is 26.4 Å². The van der Waals surface area contributed by atoms with Crippen molar-refractivity contribution < 1.29 is 9.53 Å². The van der Waals surface area contributed by atoms with Crippen molar-refractivity contribution in [1.82, 2.24) is 9.97 Å². The van der Waals surface area contributed by atoms with Crippen LogP contribution in [0.25, 0.3) is 11.0 Å². The van der Waals surface area contributed by atoms with Gasteiger partial charge in [-0.05, 0) is 32.9 Å². The Hall–Kier alpha value is -2.37. The summed E-state index contributed by atoms with van der Waals surface area (Å²) in [5.41, 5.74) is 4.95. The van der Waals surface area contributed by atoms with E-state index in [2.05, 4.69) is 9.97 Å². The van der Waals surface area contributed by atoms with Crippen LogP contribution in [0.5, 0.6) is 0 Å². The number of carbonyl (C=O) groups is 1. The molecule has 0 aromatic carbocycles. The fourth-order valence-corrected chi connectivity index (χ4v) is 1.65. The largest absolute Gasteiger partial charge is 0.456 e. The van der Waals surface area contributed by atoms with Gasteiger partial charge < -0.3 is 15.5 Å². The highest BCUT2D eigenvalue weighted by Crippen LogP contribution is 2.18. The molecule has 6 heteroatoms. The first kappa shape index (κ1) is 13.1. The van der Waals surface area contributed by atoms with Crippen molar-refractivity contribution >= 4 is 22.8 Å². The lowest BCUT2D eigenvalue weighted by atomic mass is 10.1. The number of hydrogen-bond donors (Lipinski definition) is 2. The van der Waals surface area contributed by atoms with Crippen LogP contribution < -0.4 is 11.3 Å². The maximum absolute atomic E-state index is 12.1. The molecule has 6 nitrogen and oxygen atoms in total. The second kappa shape index (κ2) is 4.38. The van der Waals surface area contributed by atoms with Gasteiger partial charge in [-0.2, -0.15) is 0 Å². The van der Waals surface area contributed by atoms with Crippen molar-refractivity contribution in [2.24, 2.45) is 0 Å². The van der Waals surface area contributed by atoms with Crippen LogP contribution in [-0.2, 0) is 4.74 Å². The van der Waals surface area contributed by atoms with Crippen molar-refractivity contribution in [2.75, 3.05) is 5.73 Å². The van der Waals surface area contributed by atoms with Gasteiger partial charge in [-0.25, -0.2) is 9.78 Å². The highest BCUT2D eigenvalue weighted by molar-refractivity contribution is 6.02. The molecule has 100 valence electrons. The Morgan fingerprint density at radius 2 is 2.05 bits per heavy atom. The quantitative estimate of drug-likeness (QED) is 0.757. The second-order valence-corrected chi connectivity index (χ2v) is 5.18. The van der Waals surface area contributed by atoms with Crippen LogP contribution in [0.2, 0.25) is 0 Å². The van der Waals surface area contributed by atoms with E-state index >= 15 is 0 Å². The maximum Gasteiger partial charge on any atom is 0.339 e. The number of aromatic amines is 1. The average Bonchev–Trinajstić information content (AvgIpc) is 2.24. The third-order valence-corrected chi connectivity index (χ3v) is 2.34. The molecule has 2 heterocycles. The molecule has 0 aliphatic carbocycles. The molecule has 2 rings (SSSR count). The Morgan fingerprint density at radius 1 is 1.37 bits per heavy atom. The average molecular weight is 261 g/mol. The molecule has 0 spiro atoms. The summed E-state index contributed by atoms with van der Waals surface area (Å²) in [6.45, 7) is 5.28. The lowest BCUT2D eigenvalue weighted by Gasteiger charge is -2.19. The molecular formula is C13H15N3O3. The number of anilines is 1. The number of nitrogens with one attached hydrogen (secondary N) is 1. The van der Waals surface area contributed by atoms with Crippen molar-refractivity contribution in [1.29, 1.82) is 0 Å².